The second kappa shape index (κ2) is 7.23. The number of carbonyl (C=O) groups excluding carboxylic acids is 3. The van der Waals surface area contributed by atoms with Crippen LogP contribution in [0.4, 0.5) is 4.79 Å². The van der Waals surface area contributed by atoms with E-state index in [9.17, 15) is 14.4 Å². The summed E-state index contributed by atoms with van der Waals surface area (Å²) in [6.07, 6.45) is -0.261. The lowest BCUT2D eigenvalue weighted by Crippen LogP contribution is -2.62. The van der Waals surface area contributed by atoms with Crippen molar-refractivity contribution in [3.05, 3.63) is 71.8 Å². The minimum absolute atomic E-state index is 0.0176. The summed E-state index contributed by atoms with van der Waals surface area (Å²) in [7, 11) is 0. The first-order valence-electron chi connectivity index (χ1n) is 9.00. The van der Waals surface area contributed by atoms with Gasteiger partial charge in [0.25, 0.3) is 5.91 Å². The standard InChI is InChI=1S/C21H20N2O4/c24-19(22-12-17(13-22)23-20(25)14-27-21(23)26)11-18(15-7-3-1-4-8-15)16-9-5-2-6-10-16/h1-10,17-18H,11-14H2. The zero-order chi connectivity index (χ0) is 18.8. The van der Waals surface area contributed by atoms with Crippen LogP contribution in [0, 0.1) is 0 Å². The number of rotatable bonds is 5. The van der Waals surface area contributed by atoms with Crippen LogP contribution < -0.4 is 0 Å². The van der Waals surface area contributed by atoms with Gasteiger partial charge in [0, 0.05) is 25.4 Å². The summed E-state index contributed by atoms with van der Waals surface area (Å²) in [5.74, 6) is -0.343. The summed E-state index contributed by atoms with van der Waals surface area (Å²) < 4.78 is 4.74. The fraction of sp³-hybridized carbons (Fsp3) is 0.286. The summed E-state index contributed by atoms with van der Waals surface area (Å²) in [4.78, 5) is 39.0. The van der Waals surface area contributed by atoms with Gasteiger partial charge in [0.2, 0.25) is 5.91 Å². The van der Waals surface area contributed by atoms with Crippen LogP contribution in [0.2, 0.25) is 0 Å². The topological polar surface area (TPSA) is 66.9 Å². The first-order chi connectivity index (χ1) is 13.1. The molecule has 2 fully saturated rings. The third-order valence-corrected chi connectivity index (χ3v) is 5.15. The molecule has 2 aliphatic heterocycles. The van der Waals surface area contributed by atoms with Gasteiger partial charge in [-0.15, -0.1) is 0 Å². The van der Waals surface area contributed by atoms with Crippen molar-refractivity contribution in [1.82, 2.24) is 9.80 Å². The Hall–Kier alpha value is -3.15. The Morgan fingerprint density at radius 3 is 2.00 bits per heavy atom. The number of hydrogen-bond acceptors (Lipinski definition) is 4. The fourth-order valence-corrected chi connectivity index (χ4v) is 3.64. The number of nitrogens with zero attached hydrogens (tertiary/aromatic N) is 2. The number of cyclic esters (lactones) is 1. The van der Waals surface area contributed by atoms with Gasteiger partial charge in [0.1, 0.15) is 0 Å². The smallest absolute Gasteiger partial charge is 0.417 e. The molecule has 0 aliphatic carbocycles. The van der Waals surface area contributed by atoms with Crippen LogP contribution in [-0.2, 0) is 14.3 Å². The van der Waals surface area contributed by atoms with Gasteiger partial charge in [-0.2, -0.15) is 0 Å². The number of imide groups is 1. The molecule has 0 bridgehead atoms. The summed E-state index contributed by atoms with van der Waals surface area (Å²) in [6, 6.07) is 19.7. The summed E-state index contributed by atoms with van der Waals surface area (Å²) >= 11 is 0. The Kier molecular flexibility index (Phi) is 4.62. The maximum atomic E-state index is 12.8. The molecule has 2 aromatic rings. The second-order valence-corrected chi connectivity index (χ2v) is 6.85. The number of carbonyl (C=O) groups is 3. The Morgan fingerprint density at radius 2 is 1.52 bits per heavy atom. The van der Waals surface area contributed by atoms with Gasteiger partial charge >= 0.3 is 6.09 Å². The first-order valence-corrected chi connectivity index (χ1v) is 9.00. The molecule has 0 saturated carbocycles. The highest BCUT2D eigenvalue weighted by Gasteiger charge is 2.44. The van der Waals surface area contributed by atoms with E-state index in [1.54, 1.807) is 4.90 Å². The predicted molar refractivity (Wildman–Crippen MR) is 97.9 cm³/mol. The summed E-state index contributed by atoms with van der Waals surface area (Å²) in [6.45, 7) is 0.541. The quantitative estimate of drug-likeness (QED) is 0.817. The van der Waals surface area contributed by atoms with Gasteiger partial charge in [-0.3, -0.25) is 9.59 Å². The number of amides is 3. The highest BCUT2D eigenvalue weighted by molar-refractivity contribution is 5.98. The van der Waals surface area contributed by atoms with E-state index in [2.05, 4.69) is 0 Å². The van der Waals surface area contributed by atoms with E-state index in [1.165, 1.54) is 0 Å². The molecule has 0 radical (unpaired) electrons. The molecule has 0 unspecified atom stereocenters. The summed E-state index contributed by atoms with van der Waals surface area (Å²) in [5, 5.41) is 0. The third-order valence-electron chi connectivity index (χ3n) is 5.15. The van der Waals surface area contributed by atoms with Crippen molar-refractivity contribution < 1.29 is 19.1 Å². The van der Waals surface area contributed by atoms with Crippen LogP contribution in [0.3, 0.4) is 0 Å². The molecular weight excluding hydrogens is 344 g/mol. The predicted octanol–water partition coefficient (Wildman–Crippen LogP) is 2.40. The second-order valence-electron chi connectivity index (χ2n) is 6.85. The molecule has 138 valence electrons. The molecule has 2 saturated heterocycles. The lowest BCUT2D eigenvalue weighted by Gasteiger charge is -2.42. The monoisotopic (exact) mass is 364 g/mol. The average Bonchev–Trinajstić information content (AvgIpc) is 2.99. The van der Waals surface area contributed by atoms with Crippen molar-refractivity contribution in [3.63, 3.8) is 0 Å². The van der Waals surface area contributed by atoms with Crippen molar-refractivity contribution in [3.8, 4) is 0 Å². The van der Waals surface area contributed by atoms with E-state index in [-0.39, 0.29) is 30.4 Å². The highest BCUT2D eigenvalue weighted by Crippen LogP contribution is 2.30. The molecular formula is C21H20N2O4. The third kappa shape index (κ3) is 3.43. The molecule has 6 heteroatoms. The van der Waals surface area contributed by atoms with Gasteiger partial charge < -0.3 is 9.64 Å². The zero-order valence-corrected chi connectivity index (χ0v) is 14.8. The molecule has 0 aromatic heterocycles. The number of benzene rings is 2. The average molecular weight is 364 g/mol. The molecule has 27 heavy (non-hydrogen) atoms. The van der Waals surface area contributed by atoms with Crippen molar-refractivity contribution in [2.24, 2.45) is 0 Å². The Labute approximate surface area is 157 Å². The largest absolute Gasteiger partial charge is 0.439 e. The minimum Gasteiger partial charge on any atom is -0.439 e. The first kappa shape index (κ1) is 17.3. The number of hydrogen-bond donors (Lipinski definition) is 0. The van der Waals surface area contributed by atoms with Crippen LogP contribution >= 0.6 is 0 Å². The van der Waals surface area contributed by atoms with Crippen molar-refractivity contribution in [2.45, 2.75) is 18.4 Å². The Bertz CT molecular complexity index is 792. The van der Waals surface area contributed by atoms with Crippen molar-refractivity contribution in [1.29, 1.82) is 0 Å². The zero-order valence-electron chi connectivity index (χ0n) is 14.8. The van der Waals surface area contributed by atoms with Gasteiger partial charge in [-0.1, -0.05) is 60.7 Å². The SMILES string of the molecule is O=C(CC(c1ccccc1)c1ccccc1)N1CC(N2C(=O)COC2=O)C1. The molecule has 0 spiro atoms. The van der Waals surface area contributed by atoms with Crippen LogP contribution in [0.15, 0.2) is 60.7 Å². The van der Waals surface area contributed by atoms with E-state index in [4.69, 9.17) is 4.74 Å². The van der Waals surface area contributed by atoms with Gasteiger partial charge in [0.05, 0.1) is 6.04 Å². The van der Waals surface area contributed by atoms with Crippen LogP contribution in [-0.4, -0.2) is 53.4 Å². The minimum atomic E-state index is -0.608. The lowest BCUT2D eigenvalue weighted by molar-refractivity contribution is -0.142. The van der Waals surface area contributed by atoms with E-state index >= 15 is 0 Å². The van der Waals surface area contributed by atoms with Crippen LogP contribution in [0.5, 0.6) is 0 Å². The molecule has 4 rings (SSSR count). The summed E-state index contributed by atoms with van der Waals surface area (Å²) in [5.41, 5.74) is 2.18. The Balaban J connectivity index is 1.44. The van der Waals surface area contributed by atoms with E-state index < -0.39 is 6.09 Å². The fourth-order valence-electron chi connectivity index (χ4n) is 3.64. The molecule has 3 amide bonds. The van der Waals surface area contributed by atoms with Crippen molar-refractivity contribution in [2.75, 3.05) is 19.7 Å². The molecule has 6 nitrogen and oxygen atoms in total. The van der Waals surface area contributed by atoms with Crippen LogP contribution in [0.1, 0.15) is 23.5 Å². The maximum absolute atomic E-state index is 12.8. The van der Waals surface area contributed by atoms with E-state index in [0.717, 1.165) is 16.0 Å². The highest BCUT2D eigenvalue weighted by atomic mass is 16.6. The van der Waals surface area contributed by atoms with Gasteiger partial charge in [0.15, 0.2) is 6.61 Å². The number of likely N-dealkylation sites (tertiary alicyclic amines) is 1. The molecule has 0 atom stereocenters. The Morgan fingerprint density at radius 1 is 0.963 bits per heavy atom. The van der Waals surface area contributed by atoms with E-state index in [1.807, 2.05) is 60.7 Å². The molecule has 0 N–H and O–H groups in total. The maximum Gasteiger partial charge on any atom is 0.417 e. The normalized spacial score (nSPS) is 17.2. The molecule has 2 heterocycles. The van der Waals surface area contributed by atoms with Crippen LogP contribution in [0.25, 0.3) is 0 Å². The van der Waals surface area contributed by atoms with Crippen molar-refractivity contribution >= 4 is 17.9 Å². The molecule has 2 aliphatic rings. The van der Waals surface area contributed by atoms with Gasteiger partial charge in [-0.25, -0.2) is 9.69 Å². The number of ether oxygens (including phenoxy) is 1. The van der Waals surface area contributed by atoms with Gasteiger partial charge in [-0.05, 0) is 11.1 Å². The lowest BCUT2D eigenvalue weighted by atomic mass is 9.87. The van der Waals surface area contributed by atoms with E-state index in [0.29, 0.717) is 19.5 Å². The molecule has 2 aromatic carbocycles.